The minimum atomic E-state index is -3.23. The Labute approximate surface area is 157 Å². The molecule has 1 rings (SSSR count). The Morgan fingerprint density at radius 1 is 1.22 bits per heavy atom. The van der Waals surface area contributed by atoms with Gasteiger partial charge >= 0.3 is 0 Å². The number of guanidine groups is 1. The molecule has 1 fully saturated rings. The first-order valence-corrected chi connectivity index (χ1v) is 9.64. The lowest BCUT2D eigenvalue weighted by atomic mass is 10.4. The molecule has 1 heterocycles. The number of hydrogen-bond acceptors (Lipinski definition) is 4. The van der Waals surface area contributed by atoms with E-state index in [2.05, 4.69) is 15.2 Å². The van der Waals surface area contributed by atoms with Gasteiger partial charge in [-0.2, -0.15) is 4.31 Å². The molecule has 0 aromatic carbocycles. The third-order valence-electron chi connectivity index (χ3n) is 3.37. The van der Waals surface area contributed by atoms with Gasteiger partial charge < -0.3 is 15.0 Å². The fraction of sp³-hybridized carbons (Fsp3) is 0.929. The number of piperazine rings is 1. The molecular formula is C14H31IN4O3S. The van der Waals surface area contributed by atoms with Crippen molar-refractivity contribution < 1.29 is 13.2 Å². The van der Waals surface area contributed by atoms with E-state index in [1.54, 1.807) is 4.31 Å². The number of halogens is 1. The van der Waals surface area contributed by atoms with Crippen LogP contribution in [0.15, 0.2) is 4.99 Å². The van der Waals surface area contributed by atoms with Crippen LogP contribution in [0.2, 0.25) is 0 Å². The Balaban J connectivity index is 0.00000484. The highest BCUT2D eigenvalue weighted by molar-refractivity contribution is 14.0. The maximum Gasteiger partial charge on any atom is 0.216 e. The predicted molar refractivity (Wildman–Crippen MR) is 105 cm³/mol. The summed E-state index contributed by atoms with van der Waals surface area (Å²) in [5, 5.41) is 3.24. The molecule has 138 valence electrons. The van der Waals surface area contributed by atoms with E-state index in [1.165, 1.54) is 0 Å². The molecule has 0 aromatic rings. The highest BCUT2D eigenvalue weighted by Crippen LogP contribution is 2.09. The number of sulfonamides is 1. The number of aliphatic imine (C=N–C) groups is 1. The zero-order valence-corrected chi connectivity index (χ0v) is 17.8. The lowest BCUT2D eigenvalue weighted by Crippen LogP contribution is -2.54. The van der Waals surface area contributed by atoms with Crippen molar-refractivity contribution in [1.82, 2.24) is 14.5 Å². The average Bonchev–Trinajstić information content (AvgIpc) is 2.46. The fourth-order valence-electron chi connectivity index (χ4n) is 2.27. The molecule has 0 amide bonds. The summed E-state index contributed by atoms with van der Waals surface area (Å²) in [4.78, 5) is 6.55. The largest absolute Gasteiger partial charge is 0.378 e. The molecular weight excluding hydrogens is 431 g/mol. The fourth-order valence-corrected chi connectivity index (χ4v) is 3.56. The molecule has 0 bridgehead atoms. The minimum absolute atomic E-state index is 0. The number of rotatable bonds is 7. The lowest BCUT2D eigenvalue weighted by molar-refractivity contribution is 0.0904. The molecule has 1 saturated heterocycles. The second kappa shape index (κ2) is 11.4. The maximum atomic E-state index is 12.3. The molecule has 0 aromatic heterocycles. The number of hydrogen-bond donors (Lipinski definition) is 1. The van der Waals surface area contributed by atoms with Gasteiger partial charge in [0, 0.05) is 39.3 Å². The van der Waals surface area contributed by atoms with Crippen molar-refractivity contribution in [3.63, 3.8) is 0 Å². The number of ether oxygens (including phenoxy) is 1. The van der Waals surface area contributed by atoms with Gasteiger partial charge in [-0.3, -0.25) is 4.99 Å². The zero-order chi connectivity index (χ0) is 16.6. The molecule has 9 heteroatoms. The minimum Gasteiger partial charge on any atom is -0.378 e. The predicted octanol–water partition coefficient (Wildman–Crippen LogP) is 0.962. The summed E-state index contributed by atoms with van der Waals surface area (Å²) in [5.41, 5.74) is 0. The highest BCUT2D eigenvalue weighted by Gasteiger charge is 2.27. The summed E-state index contributed by atoms with van der Waals surface area (Å²) in [5.74, 6) is 0.916. The maximum absolute atomic E-state index is 12.3. The van der Waals surface area contributed by atoms with Crippen molar-refractivity contribution in [2.45, 2.75) is 33.8 Å². The van der Waals surface area contributed by atoms with Crippen LogP contribution >= 0.6 is 24.0 Å². The Hall–Kier alpha value is -0.130. The summed E-state index contributed by atoms with van der Waals surface area (Å²) < 4.78 is 31.5. The van der Waals surface area contributed by atoms with E-state index < -0.39 is 10.0 Å². The molecule has 0 spiro atoms. The Kier molecular flexibility index (Phi) is 11.4. The van der Waals surface area contributed by atoms with Crippen molar-refractivity contribution in [2.24, 2.45) is 4.99 Å². The van der Waals surface area contributed by atoms with Gasteiger partial charge in [-0.05, 0) is 27.7 Å². The van der Waals surface area contributed by atoms with E-state index in [-0.39, 0.29) is 42.4 Å². The van der Waals surface area contributed by atoms with E-state index in [0.717, 1.165) is 12.5 Å². The number of nitrogens with one attached hydrogen (secondary N) is 1. The van der Waals surface area contributed by atoms with Crippen LogP contribution < -0.4 is 5.32 Å². The zero-order valence-electron chi connectivity index (χ0n) is 14.6. The van der Waals surface area contributed by atoms with Crippen LogP contribution in [0.4, 0.5) is 0 Å². The third kappa shape index (κ3) is 7.99. The average molecular weight is 462 g/mol. The van der Waals surface area contributed by atoms with Gasteiger partial charge in [0.1, 0.15) is 0 Å². The first kappa shape index (κ1) is 22.9. The van der Waals surface area contributed by atoms with E-state index in [0.29, 0.717) is 32.7 Å². The van der Waals surface area contributed by atoms with Gasteiger partial charge in [-0.15, -0.1) is 24.0 Å². The summed E-state index contributed by atoms with van der Waals surface area (Å²) in [6.07, 6.45) is 0.0555. The van der Waals surface area contributed by atoms with Crippen LogP contribution in [-0.2, 0) is 14.8 Å². The summed E-state index contributed by atoms with van der Waals surface area (Å²) in [6, 6.07) is 0. The Morgan fingerprint density at radius 2 is 1.83 bits per heavy atom. The van der Waals surface area contributed by atoms with Gasteiger partial charge in [0.2, 0.25) is 10.0 Å². The molecule has 0 unspecified atom stereocenters. The lowest BCUT2D eigenvalue weighted by Gasteiger charge is -2.35. The second-order valence-electron chi connectivity index (χ2n) is 5.45. The molecule has 0 saturated carbocycles. The molecule has 23 heavy (non-hydrogen) atoms. The molecule has 1 aliphatic heterocycles. The first-order valence-electron chi connectivity index (χ1n) is 8.03. The second-order valence-corrected chi connectivity index (χ2v) is 7.54. The summed E-state index contributed by atoms with van der Waals surface area (Å²) in [6.45, 7) is 11.9. The summed E-state index contributed by atoms with van der Waals surface area (Å²) >= 11 is 0. The quantitative estimate of drug-likeness (QED) is 0.347. The molecule has 7 nitrogen and oxygen atoms in total. The van der Waals surface area contributed by atoms with Gasteiger partial charge in [0.25, 0.3) is 0 Å². The van der Waals surface area contributed by atoms with Crippen molar-refractivity contribution in [3.8, 4) is 0 Å². The van der Waals surface area contributed by atoms with Crippen molar-refractivity contribution >= 4 is 40.0 Å². The number of nitrogens with zero attached hydrogens (tertiary/aromatic N) is 3. The highest BCUT2D eigenvalue weighted by atomic mass is 127. The molecule has 0 aliphatic carbocycles. The Bertz CT molecular complexity index is 449. The molecule has 0 radical (unpaired) electrons. The molecule has 1 N–H and O–H groups in total. The van der Waals surface area contributed by atoms with E-state index in [1.807, 2.05) is 27.7 Å². The smallest absolute Gasteiger partial charge is 0.216 e. The van der Waals surface area contributed by atoms with Gasteiger partial charge in [0.15, 0.2) is 5.96 Å². The van der Waals surface area contributed by atoms with Crippen molar-refractivity contribution in [1.29, 1.82) is 0 Å². The van der Waals surface area contributed by atoms with Gasteiger partial charge in [-0.25, -0.2) is 8.42 Å². The van der Waals surface area contributed by atoms with Crippen LogP contribution in [-0.4, -0.2) is 81.3 Å². The van der Waals surface area contributed by atoms with Crippen LogP contribution in [0.25, 0.3) is 0 Å². The normalized spacial score (nSPS) is 17.3. The topological polar surface area (TPSA) is 74.2 Å². The SMILES string of the molecule is CCN=C(NCC)N1CCN(S(=O)(=O)CCOC(C)C)CC1.I. The van der Waals surface area contributed by atoms with Crippen LogP contribution in [0.1, 0.15) is 27.7 Å². The van der Waals surface area contributed by atoms with E-state index in [4.69, 9.17) is 4.74 Å². The first-order chi connectivity index (χ1) is 10.4. The summed E-state index contributed by atoms with van der Waals surface area (Å²) in [7, 11) is -3.23. The standard InChI is InChI=1S/C14H30N4O3S.HI/c1-5-15-14(16-6-2)17-7-9-18(10-8-17)22(19,20)12-11-21-13(3)4;/h13H,5-12H2,1-4H3,(H,15,16);1H. The monoisotopic (exact) mass is 462 g/mol. The van der Waals surface area contributed by atoms with E-state index in [9.17, 15) is 8.42 Å². The van der Waals surface area contributed by atoms with Crippen molar-refractivity contribution in [3.05, 3.63) is 0 Å². The molecule has 1 aliphatic rings. The van der Waals surface area contributed by atoms with Crippen LogP contribution in [0, 0.1) is 0 Å². The third-order valence-corrected chi connectivity index (χ3v) is 5.20. The molecule has 0 atom stereocenters. The van der Waals surface area contributed by atoms with Crippen LogP contribution in [0.3, 0.4) is 0 Å². The van der Waals surface area contributed by atoms with Gasteiger partial charge in [-0.1, -0.05) is 0 Å². The van der Waals surface area contributed by atoms with Gasteiger partial charge in [0.05, 0.1) is 18.5 Å². The Morgan fingerprint density at radius 3 is 2.30 bits per heavy atom. The van der Waals surface area contributed by atoms with E-state index >= 15 is 0 Å². The van der Waals surface area contributed by atoms with Crippen molar-refractivity contribution in [2.75, 3.05) is 51.6 Å². The van der Waals surface area contributed by atoms with Crippen LogP contribution in [0.5, 0.6) is 0 Å².